The van der Waals surface area contributed by atoms with Crippen LogP contribution in [0.4, 0.5) is 4.79 Å². The molecule has 0 aliphatic carbocycles. The molecule has 0 atom stereocenters. The van der Waals surface area contributed by atoms with Gasteiger partial charge in [-0.25, -0.2) is 9.78 Å². The third kappa shape index (κ3) is 4.00. The van der Waals surface area contributed by atoms with Gasteiger partial charge in [0, 0.05) is 12.1 Å². The van der Waals surface area contributed by atoms with Crippen LogP contribution in [0.25, 0.3) is 10.2 Å². The maximum atomic E-state index is 11.7. The van der Waals surface area contributed by atoms with Crippen LogP contribution in [0.3, 0.4) is 0 Å². The minimum absolute atomic E-state index is 0.318. The van der Waals surface area contributed by atoms with Crippen molar-refractivity contribution >= 4 is 27.6 Å². The van der Waals surface area contributed by atoms with Crippen LogP contribution < -0.4 is 14.8 Å². The number of hydrogen-bond donors (Lipinski definition) is 1. The zero-order valence-corrected chi connectivity index (χ0v) is 14.2. The zero-order chi connectivity index (χ0) is 16.3. The van der Waals surface area contributed by atoms with Crippen LogP contribution in [-0.2, 0) is 11.3 Å². The molecule has 7 heteroatoms. The van der Waals surface area contributed by atoms with E-state index in [1.165, 1.54) is 11.3 Å². The summed E-state index contributed by atoms with van der Waals surface area (Å²) in [5, 5.41) is 3.49. The van der Waals surface area contributed by atoms with Crippen LogP contribution in [0.1, 0.15) is 25.8 Å². The third-order valence-electron chi connectivity index (χ3n) is 2.72. The van der Waals surface area contributed by atoms with Crippen molar-refractivity contribution in [2.45, 2.75) is 32.9 Å². The van der Waals surface area contributed by atoms with Gasteiger partial charge in [0.2, 0.25) is 0 Å². The molecule has 0 radical (unpaired) electrons. The van der Waals surface area contributed by atoms with Gasteiger partial charge in [-0.1, -0.05) is 0 Å². The minimum atomic E-state index is -0.515. The molecule has 2 rings (SSSR count). The van der Waals surface area contributed by atoms with Crippen LogP contribution in [0.5, 0.6) is 11.5 Å². The fourth-order valence-corrected chi connectivity index (χ4v) is 2.76. The molecule has 0 unspecified atom stereocenters. The van der Waals surface area contributed by atoms with E-state index in [1.54, 1.807) is 14.2 Å². The SMILES string of the molecule is COc1cc2nc(CNC(=O)OC(C)(C)C)sc2cc1OC. The first kappa shape index (κ1) is 16.4. The van der Waals surface area contributed by atoms with Gasteiger partial charge >= 0.3 is 6.09 Å². The summed E-state index contributed by atoms with van der Waals surface area (Å²) in [6.07, 6.45) is -0.457. The number of nitrogens with zero attached hydrogens (tertiary/aromatic N) is 1. The molecule has 0 fully saturated rings. The van der Waals surface area contributed by atoms with E-state index in [-0.39, 0.29) is 0 Å². The number of thiazole rings is 1. The topological polar surface area (TPSA) is 69.7 Å². The van der Waals surface area contributed by atoms with Gasteiger partial charge in [0.15, 0.2) is 11.5 Å². The summed E-state index contributed by atoms with van der Waals surface area (Å²) in [6.45, 7) is 5.79. The van der Waals surface area contributed by atoms with E-state index >= 15 is 0 Å². The number of carbonyl (C=O) groups is 1. The molecule has 2 aromatic rings. The Morgan fingerprint density at radius 3 is 2.45 bits per heavy atom. The van der Waals surface area contributed by atoms with Gasteiger partial charge in [0.1, 0.15) is 10.6 Å². The van der Waals surface area contributed by atoms with E-state index in [0.29, 0.717) is 18.0 Å². The molecule has 120 valence electrons. The van der Waals surface area contributed by atoms with E-state index in [0.717, 1.165) is 15.2 Å². The van der Waals surface area contributed by atoms with Crippen LogP contribution in [0.2, 0.25) is 0 Å². The number of benzene rings is 1. The minimum Gasteiger partial charge on any atom is -0.493 e. The first-order valence-corrected chi connectivity index (χ1v) is 7.62. The lowest BCUT2D eigenvalue weighted by molar-refractivity contribution is 0.0523. The first-order valence-electron chi connectivity index (χ1n) is 6.80. The number of fused-ring (bicyclic) bond motifs is 1. The maximum Gasteiger partial charge on any atom is 0.408 e. The number of hydrogen-bond acceptors (Lipinski definition) is 6. The van der Waals surface area contributed by atoms with Gasteiger partial charge in [0.25, 0.3) is 0 Å². The summed E-state index contributed by atoms with van der Waals surface area (Å²) in [6, 6.07) is 3.70. The number of aromatic nitrogens is 1. The molecule has 1 amide bonds. The highest BCUT2D eigenvalue weighted by atomic mass is 32.1. The Morgan fingerprint density at radius 1 is 1.23 bits per heavy atom. The summed E-state index contributed by atoms with van der Waals surface area (Å²) < 4.78 is 16.7. The molecule has 0 saturated heterocycles. The molecule has 0 aliphatic rings. The fraction of sp³-hybridized carbons (Fsp3) is 0.467. The number of ether oxygens (including phenoxy) is 3. The second-order valence-electron chi connectivity index (χ2n) is 5.64. The van der Waals surface area contributed by atoms with Crippen LogP contribution in [0.15, 0.2) is 12.1 Å². The quantitative estimate of drug-likeness (QED) is 0.934. The molecule has 1 N–H and O–H groups in total. The summed E-state index contributed by atoms with van der Waals surface area (Å²) in [7, 11) is 3.18. The number of alkyl carbamates (subject to hydrolysis) is 1. The Morgan fingerprint density at radius 2 is 1.86 bits per heavy atom. The Balaban J connectivity index is 2.11. The van der Waals surface area contributed by atoms with Crippen molar-refractivity contribution in [2.24, 2.45) is 0 Å². The largest absolute Gasteiger partial charge is 0.493 e. The number of methoxy groups -OCH3 is 2. The fourth-order valence-electron chi connectivity index (χ4n) is 1.84. The highest BCUT2D eigenvalue weighted by molar-refractivity contribution is 7.18. The highest BCUT2D eigenvalue weighted by Gasteiger charge is 2.16. The molecular weight excluding hydrogens is 304 g/mol. The molecule has 0 bridgehead atoms. The third-order valence-corrected chi connectivity index (χ3v) is 3.74. The van der Waals surface area contributed by atoms with Crippen LogP contribution >= 0.6 is 11.3 Å². The molecular formula is C15H20N2O4S. The number of carbonyl (C=O) groups excluding carboxylic acids is 1. The molecule has 0 saturated carbocycles. The lowest BCUT2D eigenvalue weighted by atomic mass is 10.2. The van der Waals surface area contributed by atoms with Crippen molar-refractivity contribution in [3.05, 3.63) is 17.1 Å². The van der Waals surface area contributed by atoms with Crippen LogP contribution in [0, 0.1) is 0 Å². The summed E-state index contributed by atoms with van der Waals surface area (Å²) in [4.78, 5) is 16.1. The number of amides is 1. The average molecular weight is 324 g/mol. The van der Waals surface area contributed by atoms with Crippen molar-refractivity contribution < 1.29 is 19.0 Å². The predicted octanol–water partition coefficient (Wildman–Crippen LogP) is 3.34. The molecule has 0 aliphatic heterocycles. The predicted molar refractivity (Wildman–Crippen MR) is 85.8 cm³/mol. The second-order valence-corrected chi connectivity index (χ2v) is 6.75. The van der Waals surface area contributed by atoms with E-state index in [9.17, 15) is 4.79 Å². The van der Waals surface area contributed by atoms with Gasteiger partial charge < -0.3 is 19.5 Å². The van der Waals surface area contributed by atoms with Crippen molar-refractivity contribution in [3.8, 4) is 11.5 Å². The van der Waals surface area contributed by atoms with Gasteiger partial charge in [-0.05, 0) is 20.8 Å². The Bertz CT molecular complexity index is 635. The van der Waals surface area contributed by atoms with E-state index in [2.05, 4.69) is 10.3 Å². The van der Waals surface area contributed by atoms with Gasteiger partial charge in [0.05, 0.1) is 31.0 Å². The van der Waals surface area contributed by atoms with E-state index in [4.69, 9.17) is 14.2 Å². The lowest BCUT2D eigenvalue weighted by Crippen LogP contribution is -2.32. The van der Waals surface area contributed by atoms with Gasteiger partial charge in [-0.2, -0.15) is 0 Å². The average Bonchev–Trinajstić information content (AvgIpc) is 2.83. The molecule has 1 heterocycles. The molecule has 1 aromatic heterocycles. The maximum absolute atomic E-state index is 11.7. The number of nitrogens with one attached hydrogen (secondary N) is 1. The van der Waals surface area contributed by atoms with Crippen LogP contribution in [-0.4, -0.2) is 30.9 Å². The summed E-state index contributed by atoms with van der Waals surface area (Å²) in [5.74, 6) is 1.29. The van der Waals surface area contributed by atoms with Crippen molar-refractivity contribution in [1.82, 2.24) is 10.3 Å². The second kappa shape index (κ2) is 6.39. The highest BCUT2D eigenvalue weighted by Crippen LogP contribution is 2.34. The standard InChI is InChI=1S/C15H20N2O4S/c1-15(2,3)21-14(18)16-8-13-17-9-6-10(19-4)11(20-5)7-12(9)22-13/h6-7H,8H2,1-5H3,(H,16,18). The molecule has 6 nitrogen and oxygen atoms in total. The Hall–Kier alpha value is -2.02. The molecule has 0 spiro atoms. The number of rotatable bonds is 4. The summed E-state index contributed by atoms with van der Waals surface area (Å²) >= 11 is 1.49. The first-order chi connectivity index (χ1) is 10.3. The monoisotopic (exact) mass is 324 g/mol. The van der Waals surface area contributed by atoms with E-state index in [1.807, 2.05) is 32.9 Å². The Labute approximate surface area is 133 Å². The Kier molecular flexibility index (Phi) is 4.75. The van der Waals surface area contributed by atoms with Crippen molar-refractivity contribution in [1.29, 1.82) is 0 Å². The lowest BCUT2D eigenvalue weighted by Gasteiger charge is -2.19. The smallest absolute Gasteiger partial charge is 0.408 e. The van der Waals surface area contributed by atoms with Gasteiger partial charge in [-0.15, -0.1) is 11.3 Å². The van der Waals surface area contributed by atoms with E-state index < -0.39 is 11.7 Å². The van der Waals surface area contributed by atoms with Crippen molar-refractivity contribution in [3.63, 3.8) is 0 Å². The van der Waals surface area contributed by atoms with Gasteiger partial charge in [-0.3, -0.25) is 0 Å². The summed E-state index contributed by atoms with van der Waals surface area (Å²) in [5.41, 5.74) is 0.293. The van der Waals surface area contributed by atoms with Crippen molar-refractivity contribution in [2.75, 3.05) is 14.2 Å². The zero-order valence-electron chi connectivity index (χ0n) is 13.4. The normalized spacial score (nSPS) is 11.3. The molecule has 22 heavy (non-hydrogen) atoms. The molecule has 1 aromatic carbocycles.